The van der Waals surface area contributed by atoms with Gasteiger partial charge in [0, 0.05) is 52.5 Å². The molecule has 33 heavy (non-hydrogen) atoms. The van der Waals surface area contributed by atoms with Crippen molar-refractivity contribution in [3.8, 4) is 0 Å². The Bertz CT molecular complexity index is 1090. The van der Waals surface area contributed by atoms with Crippen LogP contribution in [0.15, 0.2) is 36.5 Å². The van der Waals surface area contributed by atoms with Gasteiger partial charge in [0.1, 0.15) is 5.82 Å². The largest absolute Gasteiger partial charge is 0.351 e. The average molecular weight is 479 g/mol. The Labute approximate surface area is 194 Å². The molecule has 2 aromatic rings. The van der Waals surface area contributed by atoms with Gasteiger partial charge in [-0.15, -0.1) is 0 Å². The second-order valence-electron chi connectivity index (χ2n) is 8.46. The number of hydrogen-bond donors (Lipinski definition) is 1. The number of aryl methyl sites for hydroxylation is 1. The lowest BCUT2D eigenvalue weighted by Gasteiger charge is -2.37. The number of urea groups is 1. The van der Waals surface area contributed by atoms with E-state index in [2.05, 4.69) is 9.88 Å². The molecule has 0 spiro atoms. The molecule has 0 aliphatic carbocycles. The number of nitrogens with zero attached hydrogens (tertiary/aromatic N) is 5. The summed E-state index contributed by atoms with van der Waals surface area (Å²) >= 11 is 0. The molecule has 3 rings (SSSR count). The Balaban J connectivity index is 1.73. The van der Waals surface area contributed by atoms with Crippen LogP contribution in [-0.2, 0) is 16.8 Å². The van der Waals surface area contributed by atoms with Gasteiger partial charge in [-0.1, -0.05) is 0 Å². The maximum Gasteiger partial charge on any atom is 0.323 e. The van der Waals surface area contributed by atoms with Crippen LogP contribution in [0.1, 0.15) is 24.1 Å². The van der Waals surface area contributed by atoms with Crippen molar-refractivity contribution in [2.24, 2.45) is 5.73 Å². The zero-order valence-corrected chi connectivity index (χ0v) is 20.2. The summed E-state index contributed by atoms with van der Waals surface area (Å²) in [5.41, 5.74) is 7.86. The van der Waals surface area contributed by atoms with Crippen LogP contribution >= 0.6 is 0 Å². The summed E-state index contributed by atoms with van der Waals surface area (Å²) in [5, 5.41) is 0. The zero-order valence-electron chi connectivity index (χ0n) is 19.4. The highest BCUT2D eigenvalue weighted by Crippen LogP contribution is 2.28. The maximum atomic E-state index is 14.5. The summed E-state index contributed by atoms with van der Waals surface area (Å²) < 4.78 is 41.9. The quantitative estimate of drug-likeness (QED) is 0.659. The minimum absolute atomic E-state index is 0.0869. The predicted octanol–water partition coefficient (Wildman–Crippen LogP) is 2.45. The van der Waals surface area contributed by atoms with E-state index in [1.807, 2.05) is 6.92 Å². The van der Waals surface area contributed by atoms with Crippen LogP contribution in [-0.4, -0.2) is 73.2 Å². The number of likely N-dealkylation sites (tertiary alicyclic amines) is 1. The van der Waals surface area contributed by atoms with Gasteiger partial charge in [0.2, 0.25) is 0 Å². The van der Waals surface area contributed by atoms with Crippen molar-refractivity contribution in [1.29, 1.82) is 0 Å². The number of carbonyl (C=O) groups excluding carboxylic acids is 1. The van der Waals surface area contributed by atoms with Crippen LogP contribution in [0.4, 0.5) is 20.6 Å². The molecule has 2 heterocycles. The lowest BCUT2D eigenvalue weighted by Crippen LogP contribution is -2.48. The lowest BCUT2D eigenvalue weighted by molar-refractivity contribution is 0.161. The number of pyridine rings is 1. The van der Waals surface area contributed by atoms with E-state index in [0.717, 1.165) is 5.69 Å². The zero-order chi connectivity index (χ0) is 24.3. The minimum atomic E-state index is -3.47. The van der Waals surface area contributed by atoms with Gasteiger partial charge in [-0.25, -0.2) is 9.18 Å². The standard InChI is InChI=1S/C22H31FN6O3S/c1-16-5-6-20(14-25-16)29(22(24)30)21-12-17(11-18(23)13-21)15-28-9-7-19(8-10-28)27(4)33(31,32)26(2)3/h5-6,11-14,19H,7-10,15H2,1-4H3,(H2,24,30). The topological polar surface area (TPSA) is 103 Å². The summed E-state index contributed by atoms with van der Waals surface area (Å²) in [4.78, 5) is 19.7. The van der Waals surface area contributed by atoms with E-state index >= 15 is 0 Å². The van der Waals surface area contributed by atoms with Crippen LogP contribution in [0.25, 0.3) is 0 Å². The molecular weight excluding hydrogens is 447 g/mol. The number of primary amides is 1. The second-order valence-corrected chi connectivity index (χ2v) is 10.7. The molecule has 0 bridgehead atoms. The third-order valence-corrected chi connectivity index (χ3v) is 7.83. The molecule has 1 aliphatic heterocycles. The summed E-state index contributed by atoms with van der Waals surface area (Å²) in [6.45, 7) is 3.65. The first-order chi connectivity index (χ1) is 15.5. The highest BCUT2D eigenvalue weighted by molar-refractivity contribution is 7.86. The van der Waals surface area contributed by atoms with Gasteiger partial charge in [0.15, 0.2) is 0 Å². The maximum absolute atomic E-state index is 14.5. The Hall–Kier alpha value is -2.60. The van der Waals surface area contributed by atoms with Gasteiger partial charge in [-0.2, -0.15) is 17.0 Å². The summed E-state index contributed by atoms with van der Waals surface area (Å²) in [6, 6.07) is 7.08. The van der Waals surface area contributed by atoms with E-state index in [1.165, 1.54) is 45.9 Å². The van der Waals surface area contributed by atoms with Crippen molar-refractivity contribution in [3.63, 3.8) is 0 Å². The van der Waals surface area contributed by atoms with Crippen molar-refractivity contribution in [3.05, 3.63) is 53.6 Å². The monoisotopic (exact) mass is 478 g/mol. The molecule has 11 heteroatoms. The van der Waals surface area contributed by atoms with E-state index in [0.29, 0.717) is 49.4 Å². The number of halogens is 1. The number of carbonyl (C=O) groups is 1. The molecular formula is C22H31FN6O3S. The van der Waals surface area contributed by atoms with E-state index in [-0.39, 0.29) is 6.04 Å². The third kappa shape index (κ3) is 5.85. The number of anilines is 2. The molecule has 0 radical (unpaired) electrons. The van der Waals surface area contributed by atoms with E-state index in [1.54, 1.807) is 25.2 Å². The Morgan fingerprint density at radius 2 is 1.82 bits per heavy atom. The highest BCUT2D eigenvalue weighted by Gasteiger charge is 2.31. The predicted molar refractivity (Wildman–Crippen MR) is 126 cm³/mol. The molecule has 1 saturated heterocycles. The van der Waals surface area contributed by atoms with E-state index in [4.69, 9.17) is 5.73 Å². The number of nitrogens with two attached hydrogens (primary N) is 1. The van der Waals surface area contributed by atoms with E-state index in [9.17, 15) is 17.6 Å². The van der Waals surface area contributed by atoms with Gasteiger partial charge < -0.3 is 5.73 Å². The lowest BCUT2D eigenvalue weighted by atomic mass is 10.0. The highest BCUT2D eigenvalue weighted by atomic mass is 32.2. The molecule has 1 aromatic carbocycles. The molecule has 1 aromatic heterocycles. The third-order valence-electron chi connectivity index (χ3n) is 5.88. The normalized spacial score (nSPS) is 15.8. The molecule has 0 unspecified atom stereocenters. The smallest absolute Gasteiger partial charge is 0.323 e. The first kappa shape index (κ1) is 25.0. The fraction of sp³-hybridized carbons (Fsp3) is 0.455. The van der Waals surface area contributed by atoms with Gasteiger partial charge >= 0.3 is 6.03 Å². The molecule has 2 N–H and O–H groups in total. The van der Waals surface area contributed by atoms with Crippen molar-refractivity contribution < 1.29 is 17.6 Å². The van der Waals surface area contributed by atoms with Crippen molar-refractivity contribution >= 4 is 27.6 Å². The SMILES string of the molecule is Cc1ccc(N(C(N)=O)c2cc(F)cc(CN3CCC(N(C)S(=O)(=O)N(C)C)CC3)c2)cn1. The Kier molecular flexibility index (Phi) is 7.68. The van der Waals surface area contributed by atoms with Gasteiger partial charge in [0.25, 0.3) is 10.2 Å². The van der Waals surface area contributed by atoms with Crippen LogP contribution in [0.2, 0.25) is 0 Å². The van der Waals surface area contributed by atoms with Crippen LogP contribution in [0.5, 0.6) is 0 Å². The number of amides is 2. The summed E-state index contributed by atoms with van der Waals surface area (Å²) in [6.07, 6.45) is 2.87. The number of hydrogen-bond acceptors (Lipinski definition) is 5. The van der Waals surface area contributed by atoms with E-state index < -0.39 is 22.1 Å². The van der Waals surface area contributed by atoms with Gasteiger partial charge in [-0.05, 0) is 55.7 Å². The van der Waals surface area contributed by atoms with Crippen LogP contribution in [0.3, 0.4) is 0 Å². The number of benzene rings is 1. The second kappa shape index (κ2) is 10.1. The molecule has 0 atom stereocenters. The first-order valence-electron chi connectivity index (χ1n) is 10.7. The molecule has 2 amide bonds. The average Bonchev–Trinajstić information content (AvgIpc) is 2.74. The minimum Gasteiger partial charge on any atom is -0.351 e. The molecule has 180 valence electrons. The van der Waals surface area contributed by atoms with Crippen molar-refractivity contribution in [1.82, 2.24) is 18.5 Å². The Morgan fingerprint density at radius 3 is 2.36 bits per heavy atom. The Morgan fingerprint density at radius 1 is 1.15 bits per heavy atom. The molecule has 1 aliphatic rings. The van der Waals surface area contributed by atoms with Gasteiger partial charge in [0.05, 0.1) is 17.6 Å². The van der Waals surface area contributed by atoms with Crippen LogP contribution in [0, 0.1) is 12.7 Å². The number of rotatable bonds is 7. The van der Waals surface area contributed by atoms with Crippen LogP contribution < -0.4 is 10.6 Å². The summed E-state index contributed by atoms with van der Waals surface area (Å²) in [7, 11) is 1.17. The fourth-order valence-corrected chi connectivity index (χ4v) is 5.10. The first-order valence-corrected chi connectivity index (χ1v) is 12.1. The number of aromatic nitrogens is 1. The number of piperidine rings is 1. The fourth-order valence-electron chi connectivity index (χ4n) is 3.99. The summed E-state index contributed by atoms with van der Waals surface area (Å²) in [5.74, 6) is -0.472. The van der Waals surface area contributed by atoms with Crippen molar-refractivity contribution in [2.75, 3.05) is 39.1 Å². The molecule has 9 nitrogen and oxygen atoms in total. The van der Waals surface area contributed by atoms with Gasteiger partial charge in [-0.3, -0.25) is 14.8 Å². The van der Waals surface area contributed by atoms with Crippen molar-refractivity contribution in [2.45, 2.75) is 32.4 Å². The molecule has 1 fully saturated rings. The molecule has 0 saturated carbocycles.